The number of halogens is 2. The number of amides is 2. The zero-order valence-corrected chi connectivity index (χ0v) is 13.9. The maximum Gasteiger partial charge on any atom is 0.317 e. The lowest BCUT2D eigenvalue weighted by Crippen LogP contribution is -2.52. The normalized spacial score (nSPS) is 19.8. The van der Waals surface area contributed by atoms with E-state index in [1.807, 2.05) is 13.0 Å². The van der Waals surface area contributed by atoms with Crippen molar-refractivity contribution in [1.82, 2.24) is 10.2 Å². The fraction of sp³-hybridized carbons (Fsp3) is 0.533. The molecule has 7 heteroatoms. The molecule has 122 valence electrons. The van der Waals surface area contributed by atoms with Crippen molar-refractivity contribution >= 4 is 29.2 Å². The van der Waals surface area contributed by atoms with Crippen LogP contribution in [0, 0.1) is 0 Å². The summed E-state index contributed by atoms with van der Waals surface area (Å²) in [5.74, 6) is 0. The van der Waals surface area contributed by atoms with Crippen molar-refractivity contribution < 1.29 is 14.6 Å². The summed E-state index contributed by atoms with van der Waals surface area (Å²) in [6.45, 7) is 3.20. The molecule has 2 atom stereocenters. The molecular formula is C15H20Cl2N2O3. The average molecular weight is 347 g/mol. The van der Waals surface area contributed by atoms with Crippen LogP contribution < -0.4 is 5.32 Å². The van der Waals surface area contributed by atoms with Crippen molar-refractivity contribution in [3.8, 4) is 0 Å². The smallest absolute Gasteiger partial charge is 0.317 e. The molecule has 1 aromatic rings. The van der Waals surface area contributed by atoms with Gasteiger partial charge in [0.2, 0.25) is 0 Å². The molecular weight excluding hydrogens is 327 g/mol. The molecule has 2 amide bonds. The van der Waals surface area contributed by atoms with Gasteiger partial charge in [-0.3, -0.25) is 0 Å². The Hall–Kier alpha value is -1.01. The maximum absolute atomic E-state index is 12.2. The summed E-state index contributed by atoms with van der Waals surface area (Å²) >= 11 is 12.0. The van der Waals surface area contributed by atoms with Gasteiger partial charge in [-0.2, -0.15) is 0 Å². The number of morpholine rings is 1. The van der Waals surface area contributed by atoms with Crippen LogP contribution in [0.3, 0.4) is 0 Å². The number of nitrogens with zero attached hydrogens (tertiary/aromatic N) is 1. The Labute approximate surface area is 140 Å². The molecule has 0 aliphatic carbocycles. The molecule has 1 aliphatic rings. The van der Waals surface area contributed by atoms with Crippen molar-refractivity contribution in [2.45, 2.75) is 25.5 Å². The second kappa shape index (κ2) is 8.02. The number of hydrogen-bond donors (Lipinski definition) is 2. The summed E-state index contributed by atoms with van der Waals surface area (Å²) in [5.41, 5.74) is 0.939. The van der Waals surface area contributed by atoms with E-state index in [0.29, 0.717) is 36.2 Å². The van der Waals surface area contributed by atoms with Gasteiger partial charge in [-0.05, 0) is 31.0 Å². The van der Waals surface area contributed by atoms with Gasteiger partial charge in [-0.15, -0.1) is 0 Å². The highest BCUT2D eigenvalue weighted by Crippen LogP contribution is 2.22. The molecule has 0 aromatic heterocycles. The summed E-state index contributed by atoms with van der Waals surface area (Å²) in [6, 6.07) is 5.12. The van der Waals surface area contributed by atoms with Gasteiger partial charge < -0.3 is 20.1 Å². The Morgan fingerprint density at radius 3 is 3.00 bits per heavy atom. The Morgan fingerprint density at radius 1 is 1.55 bits per heavy atom. The second-order valence-electron chi connectivity index (χ2n) is 5.41. The molecule has 22 heavy (non-hydrogen) atoms. The van der Waals surface area contributed by atoms with Gasteiger partial charge in [0, 0.05) is 22.6 Å². The number of nitrogens with one attached hydrogen (secondary N) is 1. The lowest BCUT2D eigenvalue weighted by Gasteiger charge is -2.33. The van der Waals surface area contributed by atoms with E-state index in [-0.39, 0.29) is 24.8 Å². The highest BCUT2D eigenvalue weighted by Gasteiger charge is 2.24. The summed E-state index contributed by atoms with van der Waals surface area (Å²) in [5, 5.41) is 13.2. The van der Waals surface area contributed by atoms with Gasteiger partial charge in [-0.25, -0.2) is 4.79 Å². The molecule has 1 aromatic carbocycles. The van der Waals surface area contributed by atoms with Crippen molar-refractivity contribution in [2.24, 2.45) is 0 Å². The van der Waals surface area contributed by atoms with Crippen LogP contribution in [-0.2, 0) is 11.2 Å². The molecule has 0 radical (unpaired) electrons. The molecule has 5 nitrogen and oxygen atoms in total. The van der Waals surface area contributed by atoms with Gasteiger partial charge in [0.15, 0.2) is 0 Å². The molecule has 0 spiro atoms. The first-order chi connectivity index (χ1) is 10.5. The monoisotopic (exact) mass is 346 g/mol. The third-order valence-corrected chi connectivity index (χ3v) is 4.13. The summed E-state index contributed by atoms with van der Waals surface area (Å²) in [4.78, 5) is 13.9. The molecule has 0 bridgehead atoms. The standard InChI is InChI=1S/C15H20Cl2N2O3/c1-10(6-11-2-3-12(16)7-14(11)17)18-15(21)19-4-5-22-13(8-19)9-20/h2-3,7,10,13,20H,4-6,8-9H2,1H3,(H,18,21)/t10-,13+/m1/s1. The number of urea groups is 1. The topological polar surface area (TPSA) is 61.8 Å². The van der Waals surface area contributed by atoms with E-state index in [0.717, 1.165) is 5.56 Å². The van der Waals surface area contributed by atoms with E-state index in [1.54, 1.807) is 17.0 Å². The number of hydrogen-bond acceptors (Lipinski definition) is 3. The average Bonchev–Trinajstić information content (AvgIpc) is 2.50. The van der Waals surface area contributed by atoms with Crippen LogP contribution in [0.1, 0.15) is 12.5 Å². The zero-order valence-electron chi connectivity index (χ0n) is 12.4. The van der Waals surface area contributed by atoms with Crippen LogP contribution >= 0.6 is 23.2 Å². The van der Waals surface area contributed by atoms with Crippen molar-refractivity contribution in [3.63, 3.8) is 0 Å². The van der Waals surface area contributed by atoms with Gasteiger partial charge >= 0.3 is 6.03 Å². The summed E-state index contributed by atoms with van der Waals surface area (Å²) < 4.78 is 5.33. The lowest BCUT2D eigenvalue weighted by molar-refractivity contribution is -0.0404. The quantitative estimate of drug-likeness (QED) is 0.879. The fourth-order valence-corrected chi connectivity index (χ4v) is 2.87. The van der Waals surface area contributed by atoms with Crippen molar-refractivity contribution in [2.75, 3.05) is 26.3 Å². The number of rotatable bonds is 4. The minimum absolute atomic E-state index is 0.0680. The number of carbonyl (C=O) groups excluding carboxylic acids is 1. The molecule has 0 unspecified atom stereocenters. The Morgan fingerprint density at radius 2 is 2.32 bits per heavy atom. The molecule has 1 heterocycles. The number of carbonyl (C=O) groups is 1. The first-order valence-corrected chi connectivity index (χ1v) is 7.97. The van der Waals surface area contributed by atoms with Gasteiger partial charge in [0.05, 0.1) is 25.9 Å². The van der Waals surface area contributed by atoms with Crippen LogP contribution in [0.2, 0.25) is 10.0 Å². The van der Waals surface area contributed by atoms with Crippen LogP contribution in [0.25, 0.3) is 0 Å². The Kier molecular flexibility index (Phi) is 6.32. The van der Waals surface area contributed by atoms with E-state index >= 15 is 0 Å². The van der Waals surface area contributed by atoms with Crippen LogP contribution in [0.15, 0.2) is 18.2 Å². The van der Waals surface area contributed by atoms with Gasteiger partial charge in [0.1, 0.15) is 0 Å². The highest BCUT2D eigenvalue weighted by molar-refractivity contribution is 6.35. The third-order valence-electron chi connectivity index (χ3n) is 3.54. The molecule has 1 fully saturated rings. The van der Waals surface area contributed by atoms with Gasteiger partial charge in [-0.1, -0.05) is 29.3 Å². The van der Waals surface area contributed by atoms with E-state index in [9.17, 15) is 4.79 Å². The van der Waals surface area contributed by atoms with E-state index in [4.69, 9.17) is 33.0 Å². The lowest BCUT2D eigenvalue weighted by atomic mass is 10.1. The largest absolute Gasteiger partial charge is 0.394 e. The van der Waals surface area contributed by atoms with Crippen LogP contribution in [0.5, 0.6) is 0 Å². The van der Waals surface area contributed by atoms with Crippen LogP contribution in [-0.4, -0.2) is 54.5 Å². The van der Waals surface area contributed by atoms with Crippen molar-refractivity contribution in [1.29, 1.82) is 0 Å². The number of aliphatic hydroxyl groups is 1. The fourth-order valence-electron chi connectivity index (χ4n) is 2.38. The van der Waals surface area contributed by atoms with Gasteiger partial charge in [0.25, 0.3) is 0 Å². The zero-order chi connectivity index (χ0) is 16.1. The molecule has 0 saturated carbocycles. The molecule has 1 aliphatic heterocycles. The summed E-state index contributed by atoms with van der Waals surface area (Å²) in [6.07, 6.45) is 0.315. The van der Waals surface area contributed by atoms with Crippen LogP contribution in [0.4, 0.5) is 4.79 Å². The molecule has 1 saturated heterocycles. The predicted octanol–water partition coefficient (Wildman–Crippen LogP) is 2.33. The first-order valence-electron chi connectivity index (χ1n) is 7.21. The number of aliphatic hydroxyl groups excluding tert-OH is 1. The SMILES string of the molecule is C[C@H](Cc1ccc(Cl)cc1Cl)NC(=O)N1CCO[C@H](CO)C1. The second-order valence-corrected chi connectivity index (χ2v) is 6.26. The number of benzene rings is 1. The maximum atomic E-state index is 12.2. The molecule has 2 N–H and O–H groups in total. The van der Waals surface area contributed by atoms with E-state index in [2.05, 4.69) is 5.32 Å². The highest BCUT2D eigenvalue weighted by atomic mass is 35.5. The van der Waals surface area contributed by atoms with E-state index in [1.165, 1.54) is 0 Å². The molecule has 2 rings (SSSR count). The predicted molar refractivity (Wildman–Crippen MR) is 86.6 cm³/mol. The summed E-state index contributed by atoms with van der Waals surface area (Å²) in [7, 11) is 0. The minimum atomic E-state index is -0.305. The first kappa shape index (κ1) is 17.3. The third kappa shape index (κ3) is 4.74. The Balaban J connectivity index is 1.88. The minimum Gasteiger partial charge on any atom is -0.394 e. The Bertz CT molecular complexity index is 528. The van der Waals surface area contributed by atoms with E-state index < -0.39 is 0 Å². The van der Waals surface area contributed by atoms with Crippen molar-refractivity contribution in [3.05, 3.63) is 33.8 Å². The number of ether oxygens (including phenoxy) is 1.